The number of thioether (sulfide) groups is 1. The smallest absolute Gasteiger partial charge is 0.335 e. The number of aliphatic hydroxyl groups excluding tert-OH is 1. The Bertz CT molecular complexity index is 862. The predicted octanol–water partition coefficient (Wildman–Crippen LogP) is 5.50. The van der Waals surface area contributed by atoms with E-state index in [9.17, 15) is 4.79 Å². The summed E-state index contributed by atoms with van der Waals surface area (Å²) in [4.78, 5) is 16.7. The first-order chi connectivity index (χ1) is 14.0. The minimum Gasteiger partial charge on any atom is -0.463 e. The first kappa shape index (κ1) is 23.6. The number of halogens is 2. The van der Waals surface area contributed by atoms with Gasteiger partial charge in [-0.15, -0.1) is 11.8 Å². The highest BCUT2D eigenvalue weighted by Crippen LogP contribution is 2.45. The molecule has 0 bridgehead atoms. The standard InChI is InChI=1S/C21H24Cl2N2O3S/c1-4-7-16-18(21(27)28-5-2)17(14-9-8-13(22)12-15(14)23)19(24-3)20(25-16)29-11-6-10-26/h8-9,12,17,25-26H,4-7,10-11H2,1-2H3. The minimum absolute atomic E-state index is 0.0752. The van der Waals surface area contributed by atoms with Crippen LogP contribution in [-0.2, 0) is 9.53 Å². The number of rotatable bonds is 9. The van der Waals surface area contributed by atoms with Gasteiger partial charge >= 0.3 is 5.97 Å². The molecule has 156 valence electrons. The fourth-order valence-electron chi connectivity index (χ4n) is 3.11. The highest BCUT2D eigenvalue weighted by molar-refractivity contribution is 8.03. The van der Waals surface area contributed by atoms with E-state index < -0.39 is 11.9 Å². The maximum atomic E-state index is 12.9. The summed E-state index contributed by atoms with van der Waals surface area (Å²) in [6.45, 7) is 11.9. The molecule has 8 heteroatoms. The summed E-state index contributed by atoms with van der Waals surface area (Å²) in [5.41, 5.74) is 2.18. The van der Waals surface area contributed by atoms with E-state index in [4.69, 9.17) is 39.6 Å². The second-order valence-electron chi connectivity index (χ2n) is 6.34. The van der Waals surface area contributed by atoms with E-state index >= 15 is 0 Å². The van der Waals surface area contributed by atoms with E-state index in [-0.39, 0.29) is 13.2 Å². The van der Waals surface area contributed by atoms with Gasteiger partial charge in [-0.25, -0.2) is 9.64 Å². The molecule has 1 unspecified atom stereocenters. The normalized spacial score (nSPS) is 16.5. The zero-order chi connectivity index (χ0) is 21.4. The highest BCUT2D eigenvalue weighted by atomic mass is 35.5. The van der Waals surface area contributed by atoms with Gasteiger partial charge in [0.05, 0.1) is 29.7 Å². The Labute approximate surface area is 185 Å². The molecule has 1 aromatic carbocycles. The number of esters is 1. The maximum absolute atomic E-state index is 12.9. The molecule has 0 saturated carbocycles. The zero-order valence-corrected chi connectivity index (χ0v) is 18.8. The summed E-state index contributed by atoms with van der Waals surface area (Å²) in [5.74, 6) is -0.455. The van der Waals surface area contributed by atoms with Gasteiger partial charge in [-0.3, -0.25) is 0 Å². The van der Waals surface area contributed by atoms with Gasteiger partial charge in [0.2, 0.25) is 5.70 Å². The molecule has 0 saturated heterocycles. The van der Waals surface area contributed by atoms with Crippen molar-refractivity contribution in [3.63, 3.8) is 0 Å². The first-order valence-electron chi connectivity index (χ1n) is 9.45. The van der Waals surface area contributed by atoms with Gasteiger partial charge in [-0.2, -0.15) is 0 Å². The van der Waals surface area contributed by atoms with E-state index in [1.807, 2.05) is 6.92 Å². The molecular weight excluding hydrogens is 431 g/mol. The number of carbonyl (C=O) groups excluding carboxylic acids is 1. The van der Waals surface area contributed by atoms with E-state index in [0.29, 0.717) is 50.5 Å². The van der Waals surface area contributed by atoms with Gasteiger partial charge in [0.15, 0.2) is 0 Å². The van der Waals surface area contributed by atoms with Crippen LogP contribution in [0, 0.1) is 6.57 Å². The summed E-state index contributed by atoms with van der Waals surface area (Å²) in [6.07, 6.45) is 2.05. The molecular formula is C21H24Cl2N2O3S. The molecule has 1 heterocycles. The van der Waals surface area contributed by atoms with Crippen LogP contribution in [-0.4, -0.2) is 30.0 Å². The molecule has 5 nitrogen and oxygen atoms in total. The molecule has 2 N–H and O–H groups in total. The molecule has 1 aliphatic rings. The average Bonchev–Trinajstić information content (AvgIpc) is 2.68. The quantitative estimate of drug-likeness (QED) is 0.293. The van der Waals surface area contributed by atoms with Crippen LogP contribution in [0.15, 0.2) is 40.2 Å². The fourth-order valence-corrected chi connectivity index (χ4v) is 4.61. The third kappa shape index (κ3) is 5.70. The van der Waals surface area contributed by atoms with E-state index in [0.717, 1.165) is 12.1 Å². The topological polar surface area (TPSA) is 62.9 Å². The maximum Gasteiger partial charge on any atom is 0.335 e. The number of nitrogens with one attached hydrogen (secondary N) is 1. The second-order valence-corrected chi connectivity index (χ2v) is 8.29. The van der Waals surface area contributed by atoms with Crippen molar-refractivity contribution in [2.75, 3.05) is 19.0 Å². The first-order valence-corrected chi connectivity index (χ1v) is 11.2. The Morgan fingerprint density at radius 2 is 2.14 bits per heavy atom. The van der Waals surface area contributed by atoms with E-state index in [1.54, 1.807) is 25.1 Å². The number of aliphatic hydroxyl groups is 1. The SMILES string of the molecule is [C-]#[N+]C1=C(SCCCO)NC(CCC)=C(C(=O)OCC)C1c1ccc(Cl)cc1Cl. The van der Waals surface area contributed by atoms with Gasteiger partial charge in [0.25, 0.3) is 0 Å². The number of allylic oxidation sites excluding steroid dienone is 2. The lowest BCUT2D eigenvalue weighted by Gasteiger charge is -2.31. The fraction of sp³-hybridized carbons (Fsp3) is 0.429. The molecule has 0 radical (unpaired) electrons. The van der Waals surface area contributed by atoms with Crippen LogP contribution in [0.4, 0.5) is 0 Å². The second kappa shape index (κ2) is 11.5. The summed E-state index contributed by atoms with van der Waals surface area (Å²) < 4.78 is 5.33. The van der Waals surface area contributed by atoms with Gasteiger partial charge in [0, 0.05) is 28.1 Å². The number of ether oxygens (including phenoxy) is 1. The van der Waals surface area contributed by atoms with Crippen LogP contribution in [0.5, 0.6) is 0 Å². The third-order valence-corrected chi connectivity index (χ3v) is 5.98. The van der Waals surface area contributed by atoms with Crippen LogP contribution in [0.3, 0.4) is 0 Å². The zero-order valence-electron chi connectivity index (χ0n) is 16.4. The molecule has 29 heavy (non-hydrogen) atoms. The molecule has 0 aliphatic carbocycles. The molecule has 1 aromatic rings. The minimum atomic E-state index is -0.643. The summed E-state index contributed by atoms with van der Waals surface area (Å²) >= 11 is 14.0. The molecule has 0 aromatic heterocycles. The predicted molar refractivity (Wildman–Crippen MR) is 119 cm³/mol. The van der Waals surface area contributed by atoms with Crippen LogP contribution in [0.1, 0.15) is 44.6 Å². The Hall–Kier alpha value is -1.65. The third-order valence-electron chi connectivity index (χ3n) is 4.32. The van der Waals surface area contributed by atoms with Gasteiger partial charge < -0.3 is 15.2 Å². The van der Waals surface area contributed by atoms with Crippen molar-refractivity contribution in [1.29, 1.82) is 0 Å². The van der Waals surface area contributed by atoms with Gasteiger partial charge in [0.1, 0.15) is 0 Å². The number of carbonyl (C=O) groups is 1. The highest BCUT2D eigenvalue weighted by Gasteiger charge is 2.37. The monoisotopic (exact) mass is 454 g/mol. The van der Waals surface area contributed by atoms with Crippen LogP contribution in [0.2, 0.25) is 10.0 Å². The molecule has 1 aliphatic heterocycles. The lowest BCUT2D eigenvalue weighted by atomic mass is 9.84. The van der Waals surface area contributed by atoms with E-state index in [2.05, 4.69) is 10.2 Å². The average molecular weight is 455 g/mol. The largest absolute Gasteiger partial charge is 0.463 e. The van der Waals surface area contributed by atoms with Crippen molar-refractivity contribution < 1.29 is 14.6 Å². The molecule has 2 rings (SSSR count). The Morgan fingerprint density at radius 1 is 1.38 bits per heavy atom. The number of nitrogens with zero attached hydrogens (tertiary/aromatic N) is 1. The summed E-state index contributed by atoms with van der Waals surface area (Å²) in [5, 5.41) is 14.0. The van der Waals surface area contributed by atoms with E-state index in [1.165, 1.54) is 11.8 Å². The number of dihydropyridines is 1. The van der Waals surface area contributed by atoms with Crippen molar-refractivity contribution in [1.82, 2.24) is 5.32 Å². The molecule has 0 fully saturated rings. The number of benzene rings is 1. The summed E-state index contributed by atoms with van der Waals surface area (Å²) in [7, 11) is 0. The van der Waals surface area contributed by atoms with Gasteiger partial charge in [-0.05, 0) is 37.5 Å². The van der Waals surface area contributed by atoms with Crippen LogP contribution < -0.4 is 5.32 Å². The van der Waals surface area contributed by atoms with Crippen molar-refractivity contribution in [3.05, 3.63) is 67.2 Å². The Kier molecular flexibility index (Phi) is 9.38. The molecule has 1 atom stereocenters. The number of hydrogen-bond donors (Lipinski definition) is 2. The van der Waals surface area contributed by atoms with Crippen molar-refractivity contribution in [3.8, 4) is 0 Å². The van der Waals surface area contributed by atoms with Crippen LogP contribution >= 0.6 is 35.0 Å². The lowest BCUT2D eigenvalue weighted by molar-refractivity contribution is -0.138. The Balaban J connectivity index is 2.67. The molecule has 0 amide bonds. The lowest BCUT2D eigenvalue weighted by Crippen LogP contribution is -2.29. The summed E-state index contributed by atoms with van der Waals surface area (Å²) in [6, 6.07) is 5.07. The Morgan fingerprint density at radius 3 is 2.72 bits per heavy atom. The van der Waals surface area contributed by atoms with Crippen LogP contribution in [0.25, 0.3) is 4.85 Å². The van der Waals surface area contributed by atoms with Crippen molar-refractivity contribution in [2.24, 2.45) is 0 Å². The number of hydrogen-bond acceptors (Lipinski definition) is 5. The van der Waals surface area contributed by atoms with Gasteiger partial charge in [-0.1, -0.05) is 42.6 Å². The van der Waals surface area contributed by atoms with Crippen molar-refractivity contribution >= 4 is 40.9 Å². The van der Waals surface area contributed by atoms with Crippen molar-refractivity contribution in [2.45, 2.75) is 39.0 Å². The molecule has 0 spiro atoms.